The van der Waals surface area contributed by atoms with Crippen LogP contribution < -0.4 is 5.32 Å². The molecule has 2 aromatic heterocycles. The van der Waals surface area contributed by atoms with Crippen LogP contribution in [0.2, 0.25) is 0 Å². The minimum absolute atomic E-state index is 0.0905. The molecule has 0 saturated heterocycles. The fourth-order valence-corrected chi connectivity index (χ4v) is 1.61. The average molecular weight is 259 g/mol. The third kappa shape index (κ3) is 3.21. The van der Waals surface area contributed by atoms with Crippen molar-refractivity contribution < 1.29 is 4.92 Å². The zero-order chi connectivity index (χ0) is 13.7. The minimum atomic E-state index is -0.478. The Kier molecular flexibility index (Phi) is 3.97. The van der Waals surface area contributed by atoms with Crippen molar-refractivity contribution in [3.05, 3.63) is 52.1 Å². The van der Waals surface area contributed by atoms with Gasteiger partial charge >= 0.3 is 5.69 Å². The fourth-order valence-electron chi connectivity index (χ4n) is 1.61. The van der Waals surface area contributed by atoms with E-state index >= 15 is 0 Å². The molecule has 0 aliphatic carbocycles. The number of hydrogen-bond donors (Lipinski definition) is 1. The summed E-state index contributed by atoms with van der Waals surface area (Å²) in [7, 11) is 0. The summed E-state index contributed by atoms with van der Waals surface area (Å²) in [6.07, 6.45) is 3.18. The van der Waals surface area contributed by atoms with E-state index in [-0.39, 0.29) is 5.69 Å². The van der Waals surface area contributed by atoms with Crippen LogP contribution >= 0.6 is 0 Å². The number of anilines is 1. The van der Waals surface area contributed by atoms with E-state index in [2.05, 4.69) is 20.3 Å². The van der Waals surface area contributed by atoms with Crippen LogP contribution in [0, 0.1) is 10.1 Å². The fraction of sp³-hybridized carbons (Fsp3) is 0.250. The molecule has 0 bridgehead atoms. The Balaban J connectivity index is 2.35. The first-order valence-electron chi connectivity index (χ1n) is 5.84. The third-order valence-electron chi connectivity index (χ3n) is 2.45. The highest BCUT2D eigenvalue weighted by molar-refractivity contribution is 5.40. The van der Waals surface area contributed by atoms with Crippen molar-refractivity contribution in [1.82, 2.24) is 15.0 Å². The van der Waals surface area contributed by atoms with E-state index in [1.54, 1.807) is 18.3 Å². The molecule has 0 unspecified atom stereocenters. The standard InChI is InChI=1S/C12H13N5O2/c1-2-13-12-15-8-11(17(18)19)10(16-12)7-9-5-3-4-6-14-9/h3-6,8H,2,7H2,1H3,(H,13,15,16). The van der Waals surface area contributed by atoms with Gasteiger partial charge in [-0.3, -0.25) is 15.1 Å². The molecule has 2 heterocycles. The van der Waals surface area contributed by atoms with E-state index in [1.165, 1.54) is 6.20 Å². The van der Waals surface area contributed by atoms with E-state index in [0.29, 0.717) is 24.6 Å². The van der Waals surface area contributed by atoms with Gasteiger partial charge in [0, 0.05) is 24.9 Å². The number of aromatic nitrogens is 3. The summed E-state index contributed by atoms with van der Waals surface area (Å²) in [5.41, 5.74) is 0.994. The molecule has 0 aliphatic rings. The first kappa shape index (κ1) is 12.9. The Morgan fingerprint density at radius 3 is 2.84 bits per heavy atom. The summed E-state index contributed by atoms with van der Waals surface area (Å²) in [6, 6.07) is 5.43. The van der Waals surface area contributed by atoms with Gasteiger partial charge in [-0.1, -0.05) is 6.07 Å². The lowest BCUT2D eigenvalue weighted by Crippen LogP contribution is -2.07. The van der Waals surface area contributed by atoms with E-state index in [9.17, 15) is 10.1 Å². The Hall–Kier alpha value is -2.57. The third-order valence-corrected chi connectivity index (χ3v) is 2.45. The van der Waals surface area contributed by atoms with Gasteiger partial charge < -0.3 is 5.32 Å². The lowest BCUT2D eigenvalue weighted by Gasteiger charge is -2.05. The lowest BCUT2D eigenvalue weighted by atomic mass is 10.2. The van der Waals surface area contributed by atoms with Crippen molar-refractivity contribution in [3.8, 4) is 0 Å². The highest BCUT2D eigenvalue weighted by Crippen LogP contribution is 2.19. The number of rotatable bonds is 5. The Labute approximate surface area is 109 Å². The number of pyridine rings is 1. The second kappa shape index (κ2) is 5.85. The maximum Gasteiger partial charge on any atom is 0.309 e. The van der Waals surface area contributed by atoms with Gasteiger partial charge in [0.1, 0.15) is 11.9 Å². The average Bonchev–Trinajstić information content (AvgIpc) is 2.40. The van der Waals surface area contributed by atoms with Gasteiger partial charge in [0.05, 0.1) is 4.92 Å². The van der Waals surface area contributed by atoms with E-state index in [4.69, 9.17) is 0 Å². The molecule has 2 rings (SSSR count). The number of nitrogens with one attached hydrogen (secondary N) is 1. The second-order valence-corrected chi connectivity index (χ2v) is 3.81. The molecular weight excluding hydrogens is 246 g/mol. The molecule has 0 saturated carbocycles. The van der Waals surface area contributed by atoms with Crippen LogP contribution in [0.15, 0.2) is 30.6 Å². The molecular formula is C12H13N5O2. The van der Waals surface area contributed by atoms with Gasteiger partial charge in [-0.2, -0.15) is 0 Å². The highest BCUT2D eigenvalue weighted by atomic mass is 16.6. The maximum absolute atomic E-state index is 11.0. The van der Waals surface area contributed by atoms with Crippen molar-refractivity contribution in [2.45, 2.75) is 13.3 Å². The summed E-state index contributed by atoms with van der Waals surface area (Å²) in [4.78, 5) is 22.7. The predicted octanol–water partition coefficient (Wildman–Crippen LogP) is 1.80. The molecule has 1 N–H and O–H groups in total. The first-order valence-corrected chi connectivity index (χ1v) is 5.84. The van der Waals surface area contributed by atoms with Crippen LogP contribution in [-0.2, 0) is 6.42 Å². The summed E-state index contributed by atoms with van der Waals surface area (Å²) >= 11 is 0. The van der Waals surface area contributed by atoms with Gasteiger partial charge in [0.15, 0.2) is 0 Å². The van der Waals surface area contributed by atoms with Crippen LogP contribution in [0.1, 0.15) is 18.3 Å². The molecule has 0 spiro atoms. The van der Waals surface area contributed by atoms with E-state index in [0.717, 1.165) is 5.69 Å². The minimum Gasteiger partial charge on any atom is -0.354 e. The van der Waals surface area contributed by atoms with Crippen LogP contribution in [-0.4, -0.2) is 26.4 Å². The molecule has 7 heteroatoms. The number of hydrogen-bond acceptors (Lipinski definition) is 6. The zero-order valence-electron chi connectivity index (χ0n) is 10.4. The lowest BCUT2D eigenvalue weighted by molar-refractivity contribution is -0.386. The van der Waals surface area contributed by atoms with Crippen molar-refractivity contribution in [1.29, 1.82) is 0 Å². The van der Waals surface area contributed by atoms with Crippen molar-refractivity contribution in [2.75, 3.05) is 11.9 Å². The predicted molar refractivity (Wildman–Crippen MR) is 69.9 cm³/mol. The Morgan fingerprint density at radius 1 is 1.37 bits per heavy atom. The van der Waals surface area contributed by atoms with Crippen LogP contribution in [0.25, 0.3) is 0 Å². The molecule has 7 nitrogen and oxygen atoms in total. The summed E-state index contributed by atoms with van der Waals surface area (Å²) in [5.74, 6) is 0.388. The largest absolute Gasteiger partial charge is 0.354 e. The molecule has 0 fully saturated rings. The molecule has 98 valence electrons. The van der Waals surface area contributed by atoms with Crippen molar-refractivity contribution in [2.24, 2.45) is 0 Å². The Morgan fingerprint density at radius 2 is 2.21 bits per heavy atom. The molecule has 0 atom stereocenters. The molecule has 0 aromatic carbocycles. The SMILES string of the molecule is CCNc1ncc([N+](=O)[O-])c(Cc2ccccn2)n1. The molecule has 2 aromatic rings. The molecule has 19 heavy (non-hydrogen) atoms. The van der Waals surface area contributed by atoms with Crippen LogP contribution in [0.4, 0.5) is 11.6 Å². The van der Waals surface area contributed by atoms with Gasteiger partial charge in [-0.25, -0.2) is 9.97 Å². The zero-order valence-corrected chi connectivity index (χ0v) is 10.4. The first-order chi connectivity index (χ1) is 9.20. The molecule has 0 aliphatic heterocycles. The monoisotopic (exact) mass is 259 g/mol. The normalized spacial score (nSPS) is 10.2. The number of nitrogens with zero attached hydrogens (tertiary/aromatic N) is 4. The number of nitro groups is 1. The van der Waals surface area contributed by atoms with Gasteiger partial charge in [0.2, 0.25) is 5.95 Å². The van der Waals surface area contributed by atoms with Gasteiger partial charge in [0.25, 0.3) is 0 Å². The molecule has 0 radical (unpaired) electrons. The Bertz CT molecular complexity index is 574. The van der Waals surface area contributed by atoms with E-state index in [1.807, 2.05) is 13.0 Å². The maximum atomic E-state index is 11.0. The highest BCUT2D eigenvalue weighted by Gasteiger charge is 2.17. The van der Waals surface area contributed by atoms with E-state index < -0.39 is 4.92 Å². The summed E-state index contributed by atoms with van der Waals surface area (Å²) in [5, 5.41) is 13.9. The van der Waals surface area contributed by atoms with Gasteiger partial charge in [-0.05, 0) is 19.1 Å². The van der Waals surface area contributed by atoms with Crippen molar-refractivity contribution in [3.63, 3.8) is 0 Å². The second-order valence-electron chi connectivity index (χ2n) is 3.81. The van der Waals surface area contributed by atoms with Crippen molar-refractivity contribution >= 4 is 11.6 Å². The molecule has 0 amide bonds. The van der Waals surface area contributed by atoms with Gasteiger partial charge in [-0.15, -0.1) is 0 Å². The smallest absolute Gasteiger partial charge is 0.309 e. The topological polar surface area (TPSA) is 93.8 Å². The summed E-state index contributed by atoms with van der Waals surface area (Å²) < 4.78 is 0. The van der Waals surface area contributed by atoms with Crippen LogP contribution in [0.3, 0.4) is 0 Å². The van der Waals surface area contributed by atoms with Crippen LogP contribution in [0.5, 0.6) is 0 Å². The summed E-state index contributed by atoms with van der Waals surface area (Å²) in [6.45, 7) is 2.56. The quantitative estimate of drug-likeness (QED) is 0.650.